The number of ether oxygens (including phenoxy) is 1. The van der Waals surface area contributed by atoms with Crippen molar-refractivity contribution in [2.75, 3.05) is 6.61 Å². The van der Waals surface area contributed by atoms with E-state index in [2.05, 4.69) is 9.46 Å². The van der Waals surface area contributed by atoms with E-state index in [4.69, 9.17) is 18.0 Å². The van der Waals surface area contributed by atoms with Crippen LogP contribution in [0.15, 0.2) is 30.3 Å². The van der Waals surface area contributed by atoms with E-state index in [1.807, 2.05) is 0 Å². The van der Waals surface area contributed by atoms with E-state index in [-0.39, 0.29) is 11.6 Å². The standard InChI is InChI=1S/C11H15N3O4S2/c1-2-18-11(15)14-20(16,17)13-9(10(12)19)8-6-4-3-5-7-8/h3-7,9,13H,2H2,1H3,(H2,12,19)(H,14,15). The maximum atomic E-state index is 11.8. The highest BCUT2D eigenvalue weighted by Gasteiger charge is 2.23. The Morgan fingerprint density at radius 1 is 1.40 bits per heavy atom. The van der Waals surface area contributed by atoms with Gasteiger partial charge in [0.25, 0.3) is 0 Å². The molecular weight excluding hydrogens is 302 g/mol. The van der Waals surface area contributed by atoms with Gasteiger partial charge in [-0.3, -0.25) is 0 Å². The quantitative estimate of drug-likeness (QED) is 0.662. The maximum absolute atomic E-state index is 11.8. The highest BCUT2D eigenvalue weighted by atomic mass is 32.2. The van der Waals surface area contributed by atoms with Gasteiger partial charge in [-0.25, -0.2) is 9.52 Å². The van der Waals surface area contributed by atoms with E-state index in [1.54, 1.807) is 42.0 Å². The molecule has 4 N–H and O–H groups in total. The van der Waals surface area contributed by atoms with Gasteiger partial charge in [-0.2, -0.15) is 13.1 Å². The zero-order chi connectivity index (χ0) is 15.2. The summed E-state index contributed by atoms with van der Waals surface area (Å²) in [6.07, 6.45) is -1.07. The highest BCUT2D eigenvalue weighted by Crippen LogP contribution is 2.13. The van der Waals surface area contributed by atoms with E-state index in [9.17, 15) is 13.2 Å². The molecular formula is C11H15N3O4S2. The number of thiocarbonyl (C=S) groups is 1. The van der Waals surface area contributed by atoms with Crippen molar-refractivity contribution in [1.82, 2.24) is 9.44 Å². The minimum absolute atomic E-state index is 0.0543. The van der Waals surface area contributed by atoms with Crippen LogP contribution in [0.3, 0.4) is 0 Å². The third-order valence-electron chi connectivity index (χ3n) is 2.18. The van der Waals surface area contributed by atoms with Crippen molar-refractivity contribution in [3.63, 3.8) is 0 Å². The number of amides is 1. The van der Waals surface area contributed by atoms with Crippen LogP contribution in [0.5, 0.6) is 0 Å². The summed E-state index contributed by atoms with van der Waals surface area (Å²) in [6.45, 7) is 1.61. The van der Waals surface area contributed by atoms with Gasteiger partial charge in [-0.15, -0.1) is 0 Å². The predicted molar refractivity (Wildman–Crippen MR) is 78.2 cm³/mol. The van der Waals surface area contributed by atoms with Crippen molar-refractivity contribution in [2.24, 2.45) is 5.73 Å². The van der Waals surface area contributed by atoms with E-state index >= 15 is 0 Å². The van der Waals surface area contributed by atoms with Crippen LogP contribution in [0.25, 0.3) is 0 Å². The lowest BCUT2D eigenvalue weighted by Gasteiger charge is -2.17. The molecule has 7 nitrogen and oxygen atoms in total. The van der Waals surface area contributed by atoms with Crippen LogP contribution < -0.4 is 15.2 Å². The van der Waals surface area contributed by atoms with Gasteiger partial charge in [0, 0.05) is 0 Å². The molecule has 0 aliphatic carbocycles. The van der Waals surface area contributed by atoms with Gasteiger partial charge in [0.2, 0.25) is 0 Å². The van der Waals surface area contributed by atoms with Gasteiger partial charge in [-0.1, -0.05) is 42.5 Å². The summed E-state index contributed by atoms with van der Waals surface area (Å²) in [4.78, 5) is 11.1. The monoisotopic (exact) mass is 317 g/mol. The molecule has 0 fully saturated rings. The van der Waals surface area contributed by atoms with Gasteiger partial charge >= 0.3 is 16.3 Å². The Hall–Kier alpha value is -1.71. The number of carbonyl (C=O) groups excluding carboxylic acids is 1. The number of hydrogen-bond donors (Lipinski definition) is 3. The minimum atomic E-state index is -4.14. The average Bonchev–Trinajstić information content (AvgIpc) is 2.36. The smallest absolute Gasteiger partial charge is 0.421 e. The number of carbonyl (C=O) groups is 1. The van der Waals surface area contributed by atoms with Crippen molar-refractivity contribution >= 4 is 33.5 Å². The summed E-state index contributed by atoms with van der Waals surface area (Å²) in [5.74, 6) is 0. The second-order valence-electron chi connectivity index (χ2n) is 3.69. The summed E-state index contributed by atoms with van der Waals surface area (Å²) in [5, 5.41) is 0. The molecule has 1 atom stereocenters. The lowest BCUT2D eigenvalue weighted by molar-refractivity contribution is 0.158. The Labute approximate surface area is 122 Å². The molecule has 0 aliphatic rings. The molecule has 0 aliphatic heterocycles. The molecule has 9 heteroatoms. The van der Waals surface area contributed by atoms with Crippen molar-refractivity contribution < 1.29 is 17.9 Å². The van der Waals surface area contributed by atoms with Crippen molar-refractivity contribution in [3.8, 4) is 0 Å². The molecule has 0 bridgehead atoms. The van der Waals surface area contributed by atoms with Crippen molar-refractivity contribution in [3.05, 3.63) is 35.9 Å². The lowest BCUT2D eigenvalue weighted by atomic mass is 10.1. The molecule has 1 amide bonds. The molecule has 0 aromatic heterocycles. The normalized spacial score (nSPS) is 12.4. The number of hydrogen-bond acceptors (Lipinski definition) is 5. The minimum Gasteiger partial charge on any atom is -0.449 e. The van der Waals surface area contributed by atoms with Gasteiger partial charge in [0.15, 0.2) is 0 Å². The van der Waals surface area contributed by atoms with Crippen molar-refractivity contribution in [1.29, 1.82) is 0 Å². The SMILES string of the molecule is CCOC(=O)NS(=O)(=O)NC(C(N)=S)c1ccccc1. The molecule has 1 aromatic rings. The molecule has 110 valence electrons. The van der Waals surface area contributed by atoms with Crippen LogP contribution in [0.2, 0.25) is 0 Å². The summed E-state index contributed by atoms with van der Waals surface area (Å²) >= 11 is 4.84. The summed E-state index contributed by atoms with van der Waals surface area (Å²) in [6, 6.07) is 7.61. The van der Waals surface area contributed by atoms with E-state index in [0.717, 1.165) is 0 Å². The molecule has 1 aromatic carbocycles. The fourth-order valence-electron chi connectivity index (χ4n) is 1.39. The number of benzene rings is 1. The Morgan fingerprint density at radius 2 is 2.00 bits per heavy atom. The van der Waals surface area contributed by atoms with Crippen LogP contribution in [0.1, 0.15) is 18.5 Å². The summed E-state index contributed by atoms with van der Waals surface area (Å²) in [5.41, 5.74) is 6.09. The maximum Gasteiger partial charge on any atom is 0.421 e. The topological polar surface area (TPSA) is 111 Å². The summed E-state index contributed by atoms with van der Waals surface area (Å²) < 4.78 is 31.9. The third-order valence-corrected chi connectivity index (χ3v) is 3.40. The zero-order valence-electron chi connectivity index (χ0n) is 10.7. The van der Waals surface area contributed by atoms with Gasteiger partial charge in [-0.05, 0) is 12.5 Å². The first-order valence-corrected chi connectivity index (χ1v) is 7.56. The van der Waals surface area contributed by atoms with Gasteiger partial charge in [0.1, 0.15) is 0 Å². The number of nitrogens with two attached hydrogens (primary N) is 1. The summed E-state index contributed by atoms with van der Waals surface area (Å²) in [7, 11) is -4.14. The molecule has 1 unspecified atom stereocenters. The molecule has 0 saturated heterocycles. The Bertz CT molecular complexity index is 575. The molecule has 20 heavy (non-hydrogen) atoms. The third kappa shape index (κ3) is 5.11. The van der Waals surface area contributed by atoms with Crippen LogP contribution in [0.4, 0.5) is 4.79 Å². The Morgan fingerprint density at radius 3 is 2.50 bits per heavy atom. The lowest BCUT2D eigenvalue weighted by Crippen LogP contribution is -2.45. The van der Waals surface area contributed by atoms with E-state index in [0.29, 0.717) is 5.56 Å². The first-order chi connectivity index (χ1) is 9.35. The number of nitrogens with one attached hydrogen (secondary N) is 2. The average molecular weight is 317 g/mol. The number of rotatable bonds is 6. The fraction of sp³-hybridized carbons (Fsp3) is 0.273. The van der Waals surface area contributed by atoms with Crippen LogP contribution in [-0.2, 0) is 14.9 Å². The fourth-order valence-corrected chi connectivity index (χ4v) is 2.57. The molecule has 0 saturated carbocycles. The van der Waals surface area contributed by atoms with E-state index < -0.39 is 22.3 Å². The zero-order valence-corrected chi connectivity index (χ0v) is 12.3. The molecule has 0 heterocycles. The highest BCUT2D eigenvalue weighted by molar-refractivity contribution is 7.88. The van der Waals surface area contributed by atoms with E-state index in [1.165, 1.54) is 0 Å². The predicted octanol–water partition coefficient (Wildman–Crippen LogP) is 0.594. The largest absolute Gasteiger partial charge is 0.449 e. The Balaban J connectivity index is 2.86. The van der Waals surface area contributed by atoms with Gasteiger partial charge < -0.3 is 10.5 Å². The van der Waals surface area contributed by atoms with Crippen LogP contribution >= 0.6 is 12.2 Å². The molecule has 0 spiro atoms. The second-order valence-corrected chi connectivity index (χ2v) is 5.61. The second kappa shape index (κ2) is 7.17. The molecule has 0 radical (unpaired) electrons. The first-order valence-electron chi connectivity index (χ1n) is 5.67. The first kappa shape index (κ1) is 16.3. The van der Waals surface area contributed by atoms with Gasteiger partial charge in [0.05, 0.1) is 17.6 Å². The Kier molecular flexibility index (Phi) is 5.86. The van der Waals surface area contributed by atoms with Crippen molar-refractivity contribution in [2.45, 2.75) is 13.0 Å². The molecule has 1 rings (SSSR count). The van der Waals surface area contributed by atoms with Crippen LogP contribution in [0, 0.1) is 0 Å². The van der Waals surface area contributed by atoms with Crippen LogP contribution in [-0.4, -0.2) is 26.1 Å².